The van der Waals surface area contributed by atoms with Crippen molar-refractivity contribution in [1.82, 2.24) is 0 Å². The number of aliphatic hydroxyl groups excluding tert-OH is 4. The Morgan fingerprint density at radius 3 is 2.43 bits per heavy atom. The number of carbonyl (C=O) groups excluding carboxylic acids is 1. The molecule has 0 heterocycles. The Morgan fingerprint density at radius 2 is 2.00 bits per heavy atom. The van der Waals surface area contributed by atoms with Crippen molar-refractivity contribution in [2.75, 3.05) is 6.61 Å². The maximum absolute atomic E-state index is 11.1. The van der Waals surface area contributed by atoms with Crippen LogP contribution >= 0.6 is 0 Å². The van der Waals surface area contributed by atoms with Crippen molar-refractivity contribution in [3.63, 3.8) is 0 Å². The number of nitrogens with two attached hydrogens (primary N) is 1. The van der Waals surface area contributed by atoms with E-state index in [1.165, 1.54) is 0 Å². The van der Waals surface area contributed by atoms with Gasteiger partial charge in [-0.25, -0.2) is 0 Å². The molecule has 0 aromatic carbocycles. The van der Waals surface area contributed by atoms with E-state index >= 15 is 0 Å². The molecule has 0 aliphatic carbocycles. The lowest BCUT2D eigenvalue weighted by Crippen LogP contribution is -2.52. The lowest BCUT2D eigenvalue weighted by molar-refractivity contribution is -0.128. The highest BCUT2D eigenvalue weighted by atomic mass is 16.4. The van der Waals surface area contributed by atoms with Crippen molar-refractivity contribution in [3.8, 4) is 0 Å². The summed E-state index contributed by atoms with van der Waals surface area (Å²) in [4.78, 5) is 11.1. The summed E-state index contributed by atoms with van der Waals surface area (Å²) in [5, 5.41) is 36.1. The molecule has 6 nitrogen and oxygen atoms in total. The number of carbonyl (C=O) groups is 1. The van der Waals surface area contributed by atoms with Crippen molar-refractivity contribution in [2.45, 2.75) is 37.7 Å². The quantitative estimate of drug-likeness (QED) is 0.325. The Bertz CT molecular complexity index is 203. The van der Waals surface area contributed by atoms with E-state index in [2.05, 4.69) is 0 Å². The number of Topliss-reactive ketones (excluding diaryl/α,β-unsaturated/α-hetero) is 1. The van der Waals surface area contributed by atoms with Gasteiger partial charge in [0, 0.05) is 7.79 Å². The molecule has 0 rings (SSSR count). The van der Waals surface area contributed by atoms with Crippen molar-refractivity contribution in [2.24, 2.45) is 5.73 Å². The Labute approximate surface area is 83.4 Å². The van der Waals surface area contributed by atoms with Gasteiger partial charge in [-0.2, -0.15) is 0 Å². The summed E-state index contributed by atoms with van der Waals surface area (Å²) < 4.78 is 6.79. The first-order chi connectivity index (χ1) is 6.95. The van der Waals surface area contributed by atoms with Gasteiger partial charge in [0.1, 0.15) is 18.3 Å². The summed E-state index contributed by atoms with van der Waals surface area (Å²) in [6.07, 6.45) is -5.00. The molecular weight excluding hydrogens is 190 g/mol. The van der Waals surface area contributed by atoms with Gasteiger partial charge in [0.15, 0.2) is 5.78 Å². The number of rotatable bonds is 6. The summed E-state index contributed by atoms with van der Waals surface area (Å²) in [5.41, 5.74) is 5.30. The fraction of sp³-hybridized carbons (Fsp3) is 0.875. The van der Waals surface area contributed by atoms with E-state index in [9.17, 15) is 15.0 Å². The molecule has 0 aliphatic heterocycles. The SMILES string of the molecule is [2H]CCC(=O)[C@H](N)[C@@H](O)[C@@H](O)[C@H](O)CO. The predicted molar refractivity (Wildman–Crippen MR) is 48.4 cm³/mol. The monoisotopic (exact) mass is 208 g/mol. The summed E-state index contributed by atoms with van der Waals surface area (Å²) >= 11 is 0. The third-order valence-corrected chi connectivity index (χ3v) is 1.92. The zero-order valence-corrected chi connectivity index (χ0v) is 7.71. The minimum atomic E-state index is -1.68. The summed E-state index contributed by atoms with van der Waals surface area (Å²) in [6, 6.07) is -1.36. The van der Waals surface area contributed by atoms with Gasteiger partial charge < -0.3 is 26.2 Å². The average Bonchev–Trinajstić information content (AvgIpc) is 2.25. The lowest BCUT2D eigenvalue weighted by Gasteiger charge is -2.25. The predicted octanol–water partition coefficient (Wildman–Crippen LogP) is -2.63. The molecule has 4 atom stereocenters. The van der Waals surface area contributed by atoms with Crippen LogP contribution in [0.2, 0.25) is 0 Å². The van der Waals surface area contributed by atoms with Gasteiger partial charge >= 0.3 is 0 Å². The van der Waals surface area contributed by atoms with Crippen LogP contribution in [-0.4, -0.2) is 57.2 Å². The van der Waals surface area contributed by atoms with Gasteiger partial charge in [0.2, 0.25) is 0 Å². The van der Waals surface area contributed by atoms with Gasteiger partial charge in [-0.05, 0) is 0 Å². The fourth-order valence-corrected chi connectivity index (χ4v) is 0.905. The Balaban J connectivity index is 4.29. The maximum Gasteiger partial charge on any atom is 0.152 e. The summed E-state index contributed by atoms with van der Waals surface area (Å²) in [5.74, 6) is -0.568. The molecule has 0 aromatic heterocycles. The molecule has 0 saturated heterocycles. The molecule has 6 heteroatoms. The van der Waals surface area contributed by atoms with E-state index in [-0.39, 0.29) is 13.3 Å². The van der Waals surface area contributed by atoms with Gasteiger partial charge in [-0.15, -0.1) is 0 Å². The molecular formula is C8H17NO5. The highest BCUT2D eigenvalue weighted by Crippen LogP contribution is 2.05. The number of aliphatic hydroxyl groups is 4. The van der Waals surface area contributed by atoms with E-state index in [1.807, 2.05) is 0 Å². The van der Waals surface area contributed by atoms with Gasteiger partial charge in [0.25, 0.3) is 0 Å². The minimum absolute atomic E-state index is 0.125. The zero-order valence-electron chi connectivity index (χ0n) is 8.71. The first-order valence-electron chi connectivity index (χ1n) is 4.89. The zero-order chi connectivity index (χ0) is 12.0. The molecule has 0 fully saturated rings. The van der Waals surface area contributed by atoms with Crippen LogP contribution < -0.4 is 5.73 Å². The molecule has 0 unspecified atom stereocenters. The number of hydrogen-bond acceptors (Lipinski definition) is 6. The molecule has 0 saturated carbocycles. The van der Waals surface area contributed by atoms with Crippen LogP contribution in [0.25, 0.3) is 0 Å². The van der Waals surface area contributed by atoms with Crippen LogP contribution in [0.4, 0.5) is 0 Å². The first kappa shape index (κ1) is 11.5. The molecule has 0 aliphatic rings. The fourth-order valence-electron chi connectivity index (χ4n) is 0.905. The Hall–Kier alpha value is -0.530. The molecule has 0 radical (unpaired) electrons. The normalized spacial score (nSPS) is 20.8. The van der Waals surface area contributed by atoms with E-state index in [4.69, 9.17) is 17.3 Å². The lowest BCUT2D eigenvalue weighted by atomic mass is 9.98. The Morgan fingerprint density at radius 1 is 1.43 bits per heavy atom. The molecule has 14 heavy (non-hydrogen) atoms. The average molecular weight is 208 g/mol. The van der Waals surface area contributed by atoms with Crippen LogP contribution in [0, 0.1) is 0 Å². The van der Waals surface area contributed by atoms with E-state index in [0.29, 0.717) is 0 Å². The van der Waals surface area contributed by atoms with Crippen molar-refractivity contribution in [3.05, 3.63) is 0 Å². The molecule has 0 aromatic rings. The van der Waals surface area contributed by atoms with E-state index in [1.54, 1.807) is 0 Å². The number of hydrogen-bond donors (Lipinski definition) is 5. The van der Waals surface area contributed by atoms with E-state index < -0.39 is 36.7 Å². The second-order valence-electron chi connectivity index (χ2n) is 2.97. The smallest absolute Gasteiger partial charge is 0.152 e. The molecule has 6 N–H and O–H groups in total. The van der Waals surface area contributed by atoms with Crippen LogP contribution in [0.5, 0.6) is 0 Å². The minimum Gasteiger partial charge on any atom is -0.394 e. The van der Waals surface area contributed by atoms with Crippen LogP contribution in [0.15, 0.2) is 0 Å². The molecule has 0 spiro atoms. The highest BCUT2D eigenvalue weighted by molar-refractivity contribution is 5.84. The Kier molecular flexibility index (Phi) is 4.99. The van der Waals surface area contributed by atoms with Crippen LogP contribution in [0.1, 0.15) is 14.7 Å². The highest BCUT2D eigenvalue weighted by Gasteiger charge is 2.31. The van der Waals surface area contributed by atoms with E-state index in [0.717, 1.165) is 0 Å². The second kappa shape index (κ2) is 6.05. The third-order valence-electron chi connectivity index (χ3n) is 1.92. The van der Waals surface area contributed by atoms with Gasteiger partial charge in [-0.3, -0.25) is 4.79 Å². The number of ketones is 1. The summed E-state index contributed by atoms with van der Waals surface area (Å²) in [7, 11) is 0. The van der Waals surface area contributed by atoms with Gasteiger partial charge in [-0.1, -0.05) is 6.90 Å². The van der Waals surface area contributed by atoms with Crippen molar-refractivity contribution < 1.29 is 26.6 Å². The first-order valence-corrected chi connectivity index (χ1v) is 4.18. The maximum atomic E-state index is 11.1. The third kappa shape index (κ3) is 3.32. The van der Waals surface area contributed by atoms with Crippen molar-refractivity contribution in [1.29, 1.82) is 0 Å². The topological polar surface area (TPSA) is 124 Å². The van der Waals surface area contributed by atoms with Gasteiger partial charge in [0.05, 0.1) is 12.6 Å². The molecule has 0 bridgehead atoms. The largest absolute Gasteiger partial charge is 0.394 e. The standard InChI is InChI=1S/C8H17NO5/c1-2-4(11)6(9)8(14)7(13)5(12)3-10/h5-8,10,12-14H,2-3,9H2,1H3/t5-,6+,7+,8-/m1/s1/i1D. The van der Waals surface area contributed by atoms with Crippen molar-refractivity contribution >= 4 is 5.78 Å². The molecule has 84 valence electrons. The van der Waals surface area contributed by atoms with Crippen LogP contribution in [0.3, 0.4) is 0 Å². The second-order valence-corrected chi connectivity index (χ2v) is 2.97. The summed E-state index contributed by atoms with van der Waals surface area (Å²) in [6.45, 7) is -0.893. The molecule has 0 amide bonds. The van der Waals surface area contributed by atoms with Crippen LogP contribution in [-0.2, 0) is 4.79 Å².